The van der Waals surface area contributed by atoms with E-state index >= 15 is 0 Å². The smallest absolute Gasteiger partial charge is 0.161 e. The molecule has 96 valence electrons. The predicted octanol–water partition coefficient (Wildman–Crippen LogP) is 3.46. The monoisotopic (exact) mass is 245 g/mol. The third kappa shape index (κ3) is 2.76. The fourth-order valence-corrected chi connectivity index (χ4v) is 2.42. The van der Waals surface area contributed by atoms with Gasteiger partial charge in [-0.1, -0.05) is 12.5 Å². The van der Waals surface area contributed by atoms with Gasteiger partial charge in [-0.15, -0.1) is 0 Å². The van der Waals surface area contributed by atoms with Crippen molar-refractivity contribution in [3.8, 4) is 17.6 Å². The first-order valence-corrected chi connectivity index (χ1v) is 6.45. The number of ether oxygens (including phenoxy) is 2. The normalized spacial score (nSPS) is 23.2. The molecule has 1 fully saturated rings. The summed E-state index contributed by atoms with van der Waals surface area (Å²) in [6.45, 7) is 2.02. The largest absolute Gasteiger partial charge is 0.493 e. The third-order valence-electron chi connectivity index (χ3n) is 3.47. The number of rotatable bonds is 3. The first-order valence-electron chi connectivity index (χ1n) is 6.45. The average Bonchev–Trinajstić information content (AvgIpc) is 2.41. The second-order valence-electron chi connectivity index (χ2n) is 4.83. The molecule has 1 aromatic carbocycles. The number of aryl methyl sites for hydroxylation is 1. The number of nitrogens with zero attached hydrogens (tertiary/aromatic N) is 1. The molecule has 0 amide bonds. The molecule has 0 aromatic heterocycles. The fourth-order valence-electron chi connectivity index (χ4n) is 2.42. The molecular weight excluding hydrogens is 226 g/mol. The van der Waals surface area contributed by atoms with Crippen molar-refractivity contribution >= 4 is 0 Å². The molecule has 0 radical (unpaired) electrons. The zero-order valence-corrected chi connectivity index (χ0v) is 11.0. The quantitative estimate of drug-likeness (QED) is 0.819. The minimum atomic E-state index is 0.000330. The van der Waals surface area contributed by atoms with Crippen LogP contribution in [-0.2, 0) is 0 Å². The maximum absolute atomic E-state index is 9.15. The Hall–Kier alpha value is -1.69. The van der Waals surface area contributed by atoms with Crippen molar-refractivity contribution in [3.05, 3.63) is 23.8 Å². The highest BCUT2D eigenvalue weighted by molar-refractivity contribution is 5.42. The van der Waals surface area contributed by atoms with Gasteiger partial charge in [-0.25, -0.2) is 0 Å². The van der Waals surface area contributed by atoms with Crippen LogP contribution in [0.5, 0.6) is 11.5 Å². The molecule has 2 atom stereocenters. The zero-order valence-electron chi connectivity index (χ0n) is 11.0. The van der Waals surface area contributed by atoms with Crippen molar-refractivity contribution in [2.45, 2.75) is 38.7 Å². The van der Waals surface area contributed by atoms with Gasteiger partial charge in [-0.2, -0.15) is 5.26 Å². The van der Waals surface area contributed by atoms with Crippen molar-refractivity contribution < 1.29 is 9.47 Å². The van der Waals surface area contributed by atoms with E-state index in [0.29, 0.717) is 0 Å². The van der Waals surface area contributed by atoms with Crippen LogP contribution in [0.4, 0.5) is 0 Å². The Morgan fingerprint density at radius 2 is 2.00 bits per heavy atom. The molecular formula is C15H19NO2. The van der Waals surface area contributed by atoms with Crippen LogP contribution in [0, 0.1) is 24.2 Å². The van der Waals surface area contributed by atoms with E-state index in [-0.39, 0.29) is 12.0 Å². The number of methoxy groups -OCH3 is 1. The van der Waals surface area contributed by atoms with Crippen molar-refractivity contribution in [2.24, 2.45) is 5.92 Å². The van der Waals surface area contributed by atoms with E-state index in [1.165, 1.54) is 0 Å². The minimum absolute atomic E-state index is 0.000330. The summed E-state index contributed by atoms with van der Waals surface area (Å²) < 4.78 is 11.3. The van der Waals surface area contributed by atoms with Crippen LogP contribution in [0.2, 0.25) is 0 Å². The van der Waals surface area contributed by atoms with E-state index < -0.39 is 0 Å². The predicted molar refractivity (Wildman–Crippen MR) is 69.7 cm³/mol. The molecule has 1 aromatic rings. The van der Waals surface area contributed by atoms with Crippen molar-refractivity contribution in [2.75, 3.05) is 7.11 Å². The summed E-state index contributed by atoms with van der Waals surface area (Å²) in [6.07, 6.45) is 4.16. The second kappa shape index (κ2) is 5.77. The Labute approximate surface area is 108 Å². The molecule has 3 heteroatoms. The topological polar surface area (TPSA) is 42.2 Å². The van der Waals surface area contributed by atoms with Crippen molar-refractivity contribution in [1.29, 1.82) is 5.26 Å². The number of benzene rings is 1. The molecule has 0 aliphatic heterocycles. The van der Waals surface area contributed by atoms with Gasteiger partial charge in [0.25, 0.3) is 0 Å². The Morgan fingerprint density at radius 1 is 1.22 bits per heavy atom. The fraction of sp³-hybridized carbons (Fsp3) is 0.533. The van der Waals surface area contributed by atoms with E-state index in [0.717, 1.165) is 42.7 Å². The Kier molecular flexibility index (Phi) is 4.09. The van der Waals surface area contributed by atoms with Crippen LogP contribution in [-0.4, -0.2) is 13.2 Å². The molecule has 1 saturated carbocycles. The highest BCUT2D eigenvalue weighted by Crippen LogP contribution is 2.33. The lowest BCUT2D eigenvalue weighted by molar-refractivity contribution is 0.116. The Bertz CT molecular complexity index is 450. The lowest BCUT2D eigenvalue weighted by Gasteiger charge is -2.28. The SMILES string of the molecule is COc1cc(C)ccc1OC1CCCCC1C#N. The third-order valence-corrected chi connectivity index (χ3v) is 3.47. The number of nitriles is 1. The van der Waals surface area contributed by atoms with Gasteiger partial charge in [0, 0.05) is 0 Å². The van der Waals surface area contributed by atoms with Gasteiger partial charge in [0.2, 0.25) is 0 Å². The minimum Gasteiger partial charge on any atom is -0.493 e. The molecule has 0 heterocycles. The highest BCUT2D eigenvalue weighted by atomic mass is 16.5. The summed E-state index contributed by atoms with van der Waals surface area (Å²) in [4.78, 5) is 0. The molecule has 0 bridgehead atoms. The van der Waals surface area contributed by atoms with Crippen LogP contribution in [0.3, 0.4) is 0 Å². The average molecular weight is 245 g/mol. The van der Waals surface area contributed by atoms with Crippen LogP contribution in [0.1, 0.15) is 31.2 Å². The van der Waals surface area contributed by atoms with Crippen LogP contribution >= 0.6 is 0 Å². The summed E-state index contributed by atoms with van der Waals surface area (Å²) in [5.41, 5.74) is 1.14. The summed E-state index contributed by atoms with van der Waals surface area (Å²) in [5.74, 6) is 1.50. The first kappa shape index (κ1) is 12.8. The molecule has 0 N–H and O–H groups in total. The lowest BCUT2D eigenvalue weighted by atomic mass is 9.87. The Morgan fingerprint density at radius 3 is 2.72 bits per heavy atom. The van der Waals surface area contributed by atoms with E-state index in [9.17, 15) is 0 Å². The van der Waals surface area contributed by atoms with E-state index in [1.807, 2.05) is 25.1 Å². The molecule has 3 nitrogen and oxygen atoms in total. The molecule has 2 rings (SSSR count). The van der Waals surface area contributed by atoms with Gasteiger partial charge >= 0.3 is 0 Å². The van der Waals surface area contributed by atoms with E-state index in [1.54, 1.807) is 7.11 Å². The summed E-state index contributed by atoms with van der Waals surface area (Å²) in [5, 5.41) is 9.15. The molecule has 0 saturated heterocycles. The van der Waals surface area contributed by atoms with E-state index in [4.69, 9.17) is 14.7 Å². The first-order chi connectivity index (χ1) is 8.74. The number of hydrogen-bond donors (Lipinski definition) is 0. The van der Waals surface area contributed by atoms with Crippen LogP contribution in [0.25, 0.3) is 0 Å². The van der Waals surface area contributed by atoms with Crippen molar-refractivity contribution in [3.63, 3.8) is 0 Å². The maximum atomic E-state index is 9.15. The van der Waals surface area contributed by atoms with Gasteiger partial charge in [0.1, 0.15) is 6.10 Å². The molecule has 1 aliphatic rings. The second-order valence-corrected chi connectivity index (χ2v) is 4.83. The van der Waals surface area contributed by atoms with Crippen LogP contribution in [0.15, 0.2) is 18.2 Å². The van der Waals surface area contributed by atoms with Gasteiger partial charge in [-0.05, 0) is 43.9 Å². The molecule has 2 unspecified atom stereocenters. The standard InChI is InChI=1S/C15H19NO2/c1-11-7-8-14(15(9-11)17-2)18-13-6-4-3-5-12(13)10-16/h7-9,12-13H,3-6H2,1-2H3. The lowest BCUT2D eigenvalue weighted by Crippen LogP contribution is -2.29. The highest BCUT2D eigenvalue weighted by Gasteiger charge is 2.27. The molecule has 0 spiro atoms. The molecule has 18 heavy (non-hydrogen) atoms. The van der Waals surface area contributed by atoms with Gasteiger partial charge in [0.15, 0.2) is 11.5 Å². The van der Waals surface area contributed by atoms with Crippen LogP contribution < -0.4 is 9.47 Å². The van der Waals surface area contributed by atoms with E-state index in [2.05, 4.69) is 6.07 Å². The summed E-state index contributed by atoms with van der Waals surface area (Å²) >= 11 is 0. The van der Waals surface area contributed by atoms with Crippen molar-refractivity contribution in [1.82, 2.24) is 0 Å². The molecule has 1 aliphatic carbocycles. The van der Waals surface area contributed by atoms with Gasteiger partial charge < -0.3 is 9.47 Å². The van der Waals surface area contributed by atoms with Gasteiger partial charge in [0.05, 0.1) is 19.1 Å². The maximum Gasteiger partial charge on any atom is 0.161 e. The zero-order chi connectivity index (χ0) is 13.0. The number of hydrogen-bond acceptors (Lipinski definition) is 3. The summed E-state index contributed by atoms with van der Waals surface area (Å²) in [6, 6.07) is 8.24. The Balaban J connectivity index is 2.15. The summed E-state index contributed by atoms with van der Waals surface area (Å²) in [7, 11) is 1.64. The van der Waals surface area contributed by atoms with Gasteiger partial charge in [-0.3, -0.25) is 0 Å².